The lowest BCUT2D eigenvalue weighted by Gasteiger charge is -2.20. The van der Waals surface area contributed by atoms with Crippen molar-refractivity contribution < 1.29 is 73.8 Å². The molecule has 0 unspecified atom stereocenters. The van der Waals surface area contributed by atoms with Gasteiger partial charge in [0, 0.05) is 16.2 Å². The molecule has 20 heteroatoms. The molecule has 0 fully saturated rings. The van der Waals surface area contributed by atoms with Crippen LogP contribution in [0.3, 0.4) is 0 Å². The molecule has 4 aromatic carbocycles. The third kappa shape index (κ3) is 4.97. The van der Waals surface area contributed by atoms with Crippen LogP contribution in [0.1, 0.15) is 0 Å². The third-order valence-electron chi connectivity index (χ3n) is 4.80. The van der Waals surface area contributed by atoms with Crippen molar-refractivity contribution in [1.29, 1.82) is 0 Å². The van der Waals surface area contributed by atoms with Gasteiger partial charge in [-0.2, -0.15) is 33.7 Å². The molecular formula is C16H18O16S4. The molecular weight excluding hydrogens is 576 g/mol. The van der Waals surface area contributed by atoms with Crippen LogP contribution in [0, 0.1) is 0 Å². The first-order chi connectivity index (χ1) is 14.4. The summed E-state index contributed by atoms with van der Waals surface area (Å²) in [6.07, 6.45) is 0. The molecule has 202 valence electrons. The lowest BCUT2D eigenvalue weighted by molar-refractivity contribution is 0.458. The Bertz CT molecular complexity index is 1910. The van der Waals surface area contributed by atoms with Crippen molar-refractivity contribution in [2.75, 3.05) is 0 Å². The molecule has 0 saturated heterocycles. The maximum atomic E-state index is 12.2. The SMILES string of the molecule is O.O.O.O.O=S(=O)(O)c1c(S(=O)(=O)O)c2ccc3cccc4cc(S(=O)(=O)O)c(c1S(=O)(=O)O)c2c34. The van der Waals surface area contributed by atoms with Crippen LogP contribution in [0.15, 0.2) is 56.0 Å². The zero-order valence-corrected chi connectivity index (χ0v) is 20.4. The Morgan fingerprint density at radius 3 is 1.39 bits per heavy atom. The van der Waals surface area contributed by atoms with Crippen LogP contribution in [0.25, 0.3) is 32.3 Å². The summed E-state index contributed by atoms with van der Waals surface area (Å²) in [7, 11) is -22.5. The summed E-state index contributed by atoms with van der Waals surface area (Å²) in [5.41, 5.74) is 0. The summed E-state index contributed by atoms with van der Waals surface area (Å²) in [4.78, 5) is -6.60. The van der Waals surface area contributed by atoms with Gasteiger partial charge >= 0.3 is 0 Å². The van der Waals surface area contributed by atoms with E-state index in [9.17, 15) is 51.9 Å². The zero-order chi connectivity index (χ0) is 24.0. The van der Waals surface area contributed by atoms with Crippen molar-refractivity contribution >= 4 is 72.8 Å². The first-order valence-corrected chi connectivity index (χ1v) is 13.9. The van der Waals surface area contributed by atoms with Gasteiger partial charge in [0.15, 0.2) is 0 Å². The van der Waals surface area contributed by atoms with Crippen molar-refractivity contribution in [3.05, 3.63) is 36.4 Å². The van der Waals surface area contributed by atoms with E-state index >= 15 is 0 Å². The minimum Gasteiger partial charge on any atom is -0.412 e. The Morgan fingerprint density at radius 2 is 0.944 bits per heavy atom. The van der Waals surface area contributed by atoms with E-state index in [4.69, 9.17) is 0 Å². The van der Waals surface area contributed by atoms with Gasteiger partial charge in [0.25, 0.3) is 40.5 Å². The Kier molecular flexibility index (Phi) is 9.00. The van der Waals surface area contributed by atoms with Crippen LogP contribution in [-0.4, -0.2) is 73.8 Å². The van der Waals surface area contributed by atoms with E-state index in [2.05, 4.69) is 0 Å². The highest BCUT2D eigenvalue weighted by atomic mass is 32.2. The summed E-state index contributed by atoms with van der Waals surface area (Å²) in [5, 5.41) is -1.88. The molecule has 36 heavy (non-hydrogen) atoms. The first-order valence-electron chi connectivity index (χ1n) is 8.11. The molecule has 0 aliphatic rings. The molecule has 0 amide bonds. The molecule has 0 heterocycles. The number of benzene rings is 4. The fourth-order valence-electron chi connectivity index (χ4n) is 3.82. The lowest BCUT2D eigenvalue weighted by Crippen LogP contribution is -2.17. The molecule has 0 aliphatic heterocycles. The third-order valence-corrected chi connectivity index (χ3v) is 8.72. The molecule has 4 aromatic rings. The molecule has 0 aliphatic carbocycles. The van der Waals surface area contributed by atoms with Gasteiger partial charge in [0.05, 0.1) is 0 Å². The van der Waals surface area contributed by atoms with Crippen molar-refractivity contribution in [2.45, 2.75) is 19.6 Å². The van der Waals surface area contributed by atoms with E-state index in [1.165, 1.54) is 24.3 Å². The van der Waals surface area contributed by atoms with Gasteiger partial charge in [-0.25, -0.2) is 0 Å². The van der Waals surface area contributed by atoms with E-state index in [1.54, 1.807) is 0 Å². The normalized spacial score (nSPS) is 12.4. The fraction of sp³-hybridized carbons (Fsp3) is 0. The molecule has 0 radical (unpaired) electrons. The fourth-order valence-corrected chi connectivity index (χ4v) is 8.22. The van der Waals surface area contributed by atoms with Crippen LogP contribution in [0.5, 0.6) is 0 Å². The van der Waals surface area contributed by atoms with E-state index in [0.717, 1.165) is 12.1 Å². The Balaban J connectivity index is 0.00000306. The number of hydrogen-bond donors (Lipinski definition) is 4. The monoisotopic (exact) mass is 594 g/mol. The number of hydrogen-bond acceptors (Lipinski definition) is 8. The molecule has 0 spiro atoms. The largest absolute Gasteiger partial charge is 0.412 e. The van der Waals surface area contributed by atoms with Crippen molar-refractivity contribution in [2.24, 2.45) is 0 Å². The van der Waals surface area contributed by atoms with E-state index < -0.39 is 76.2 Å². The van der Waals surface area contributed by atoms with E-state index in [1.807, 2.05) is 0 Å². The van der Waals surface area contributed by atoms with E-state index in [-0.39, 0.29) is 32.7 Å². The van der Waals surface area contributed by atoms with Gasteiger partial charge in [-0.1, -0.05) is 30.3 Å². The van der Waals surface area contributed by atoms with Gasteiger partial charge in [-0.3, -0.25) is 18.2 Å². The van der Waals surface area contributed by atoms with E-state index in [0.29, 0.717) is 5.39 Å². The second kappa shape index (κ2) is 9.70. The molecule has 0 bridgehead atoms. The topological polar surface area (TPSA) is 343 Å². The molecule has 12 N–H and O–H groups in total. The Hall–Kier alpha value is -2.60. The predicted molar refractivity (Wildman–Crippen MR) is 124 cm³/mol. The Labute approximate surface area is 202 Å². The smallest absolute Gasteiger partial charge is 0.297 e. The average Bonchev–Trinajstić information content (AvgIpc) is 2.61. The standard InChI is InChI=1S/C16H10O12S4.4H2O/c17-29(18,19)10-6-8-3-1-2-7-4-5-9-12(11(7)8)13(10)15(31(23,24)25)16(32(26,27)28)14(9)30(20,21)22;;;;/h1-6H,(H,17,18,19)(H,20,21,22)(H,23,24,25)(H,26,27,28);4*1H2. The first kappa shape index (κ1) is 33.4. The van der Waals surface area contributed by atoms with Crippen LogP contribution in [-0.2, 0) is 40.5 Å². The van der Waals surface area contributed by atoms with Gasteiger partial charge < -0.3 is 21.9 Å². The molecule has 0 saturated carbocycles. The quantitative estimate of drug-likeness (QED) is 0.151. The zero-order valence-electron chi connectivity index (χ0n) is 17.2. The number of rotatable bonds is 4. The summed E-state index contributed by atoms with van der Waals surface area (Å²) in [6, 6.07) is 7.29. The lowest BCUT2D eigenvalue weighted by atomic mass is 9.94. The summed E-state index contributed by atoms with van der Waals surface area (Å²) in [6.45, 7) is 0. The summed E-state index contributed by atoms with van der Waals surface area (Å²) >= 11 is 0. The maximum Gasteiger partial charge on any atom is 0.297 e. The van der Waals surface area contributed by atoms with Gasteiger partial charge in [0.2, 0.25) is 0 Å². The molecule has 16 nitrogen and oxygen atoms in total. The van der Waals surface area contributed by atoms with Crippen molar-refractivity contribution in [3.63, 3.8) is 0 Å². The molecule has 4 rings (SSSR count). The molecule has 0 atom stereocenters. The van der Waals surface area contributed by atoms with Crippen LogP contribution in [0.4, 0.5) is 0 Å². The molecule has 0 aromatic heterocycles. The van der Waals surface area contributed by atoms with Crippen LogP contribution < -0.4 is 0 Å². The highest BCUT2D eigenvalue weighted by Crippen LogP contribution is 2.46. The van der Waals surface area contributed by atoms with Crippen molar-refractivity contribution in [1.82, 2.24) is 0 Å². The van der Waals surface area contributed by atoms with Crippen molar-refractivity contribution in [3.8, 4) is 0 Å². The van der Waals surface area contributed by atoms with Gasteiger partial charge in [-0.05, 0) is 22.2 Å². The highest BCUT2D eigenvalue weighted by molar-refractivity contribution is 7.91. The maximum absolute atomic E-state index is 12.2. The van der Waals surface area contributed by atoms with Gasteiger partial charge in [-0.15, -0.1) is 0 Å². The minimum atomic E-state index is -5.84. The Morgan fingerprint density at radius 1 is 0.472 bits per heavy atom. The summed E-state index contributed by atoms with van der Waals surface area (Å²) in [5.74, 6) is 0. The predicted octanol–water partition coefficient (Wildman–Crippen LogP) is -1.73. The van der Waals surface area contributed by atoms with Crippen LogP contribution in [0.2, 0.25) is 0 Å². The highest BCUT2D eigenvalue weighted by Gasteiger charge is 2.39. The second-order valence-electron chi connectivity index (χ2n) is 6.70. The average molecular weight is 595 g/mol. The minimum absolute atomic E-state index is 0. The van der Waals surface area contributed by atoms with Crippen LogP contribution >= 0.6 is 0 Å². The second-order valence-corrected chi connectivity index (χ2v) is 12.2. The van der Waals surface area contributed by atoms with Gasteiger partial charge in [0.1, 0.15) is 19.6 Å². The summed E-state index contributed by atoms with van der Waals surface area (Å²) < 4.78 is 136.